The van der Waals surface area contributed by atoms with Crippen LogP contribution in [0.5, 0.6) is 0 Å². The molecule has 0 aliphatic carbocycles. The maximum absolute atomic E-state index is 12.3. The predicted molar refractivity (Wildman–Crippen MR) is 65.0 cm³/mol. The van der Waals surface area contributed by atoms with Crippen molar-refractivity contribution in [2.75, 3.05) is 19.7 Å². The van der Waals surface area contributed by atoms with Gasteiger partial charge in [0.2, 0.25) is 0 Å². The highest BCUT2D eigenvalue weighted by molar-refractivity contribution is 7.12. The van der Waals surface area contributed by atoms with Crippen LogP contribution in [0.1, 0.15) is 22.2 Å². The maximum atomic E-state index is 12.3. The molecule has 4 nitrogen and oxygen atoms in total. The Hall–Kier alpha value is -1.38. The van der Waals surface area contributed by atoms with Gasteiger partial charge in [0.1, 0.15) is 0 Å². The summed E-state index contributed by atoms with van der Waals surface area (Å²) in [6, 6.07) is 4.04. The summed E-state index contributed by atoms with van der Waals surface area (Å²) in [6.07, 6.45) is 0.370. The van der Waals surface area contributed by atoms with Crippen LogP contribution in [-0.2, 0) is 11.2 Å². The third kappa shape index (κ3) is 2.48. The third-order valence-corrected chi connectivity index (χ3v) is 3.76. The standard InChI is InChI=1S/C12H14N2O2S/c1-2-9-3-6-17-11(9)12(15)14-4-5-16-10(7-13)8-14/h3,6,10H,2,4-5,8H2,1H3. The van der Waals surface area contributed by atoms with Gasteiger partial charge in [-0.3, -0.25) is 4.79 Å². The summed E-state index contributed by atoms with van der Waals surface area (Å²) in [5.74, 6) is 0.0281. The fourth-order valence-electron chi connectivity index (χ4n) is 1.86. The van der Waals surface area contributed by atoms with Gasteiger partial charge >= 0.3 is 0 Å². The summed E-state index contributed by atoms with van der Waals surface area (Å²) in [7, 11) is 0. The Morgan fingerprint density at radius 3 is 3.29 bits per heavy atom. The quantitative estimate of drug-likeness (QED) is 0.802. The van der Waals surface area contributed by atoms with Crippen molar-refractivity contribution in [3.8, 4) is 6.07 Å². The van der Waals surface area contributed by atoms with Crippen molar-refractivity contribution in [1.29, 1.82) is 5.26 Å². The van der Waals surface area contributed by atoms with Crippen molar-refractivity contribution in [2.24, 2.45) is 0 Å². The van der Waals surface area contributed by atoms with E-state index in [0.29, 0.717) is 19.7 Å². The zero-order chi connectivity index (χ0) is 12.3. The normalized spacial score (nSPS) is 20.0. The summed E-state index contributed by atoms with van der Waals surface area (Å²) in [6.45, 7) is 3.42. The molecule has 1 aliphatic heterocycles. The molecule has 17 heavy (non-hydrogen) atoms. The van der Waals surface area contributed by atoms with Gasteiger partial charge in [0.15, 0.2) is 6.10 Å². The van der Waals surface area contributed by atoms with Crippen LogP contribution in [0.2, 0.25) is 0 Å². The Balaban J connectivity index is 2.12. The number of morpholine rings is 1. The number of hydrogen-bond donors (Lipinski definition) is 0. The number of amides is 1. The third-order valence-electron chi connectivity index (χ3n) is 2.82. The zero-order valence-corrected chi connectivity index (χ0v) is 10.5. The van der Waals surface area contributed by atoms with Crippen molar-refractivity contribution in [2.45, 2.75) is 19.4 Å². The van der Waals surface area contributed by atoms with Crippen LogP contribution >= 0.6 is 11.3 Å². The molecule has 0 spiro atoms. The summed E-state index contributed by atoms with van der Waals surface area (Å²) in [5, 5.41) is 10.8. The molecular weight excluding hydrogens is 236 g/mol. The molecule has 2 rings (SSSR count). The van der Waals surface area contributed by atoms with Gasteiger partial charge in [-0.1, -0.05) is 6.92 Å². The van der Waals surface area contributed by atoms with E-state index in [9.17, 15) is 4.79 Å². The molecule has 1 aromatic rings. The topological polar surface area (TPSA) is 53.3 Å². The largest absolute Gasteiger partial charge is 0.360 e. The monoisotopic (exact) mass is 250 g/mol. The fraction of sp³-hybridized carbons (Fsp3) is 0.500. The SMILES string of the molecule is CCc1ccsc1C(=O)N1CCOC(C#N)C1. The van der Waals surface area contributed by atoms with E-state index in [1.165, 1.54) is 11.3 Å². The Morgan fingerprint density at radius 1 is 1.76 bits per heavy atom. The van der Waals surface area contributed by atoms with Gasteiger partial charge in [0.05, 0.1) is 24.1 Å². The van der Waals surface area contributed by atoms with Crippen LogP contribution in [0.3, 0.4) is 0 Å². The summed E-state index contributed by atoms with van der Waals surface area (Å²) in [5.41, 5.74) is 1.08. The van der Waals surface area contributed by atoms with Gasteiger partial charge in [0, 0.05) is 6.54 Å². The van der Waals surface area contributed by atoms with E-state index in [4.69, 9.17) is 10.00 Å². The molecule has 0 bridgehead atoms. The number of carbonyl (C=O) groups is 1. The van der Waals surface area contributed by atoms with Crippen LogP contribution < -0.4 is 0 Å². The zero-order valence-electron chi connectivity index (χ0n) is 9.68. The molecule has 1 aliphatic rings. The van der Waals surface area contributed by atoms with Crippen molar-refractivity contribution < 1.29 is 9.53 Å². The molecule has 0 aromatic carbocycles. The minimum Gasteiger partial charge on any atom is -0.360 e. The Morgan fingerprint density at radius 2 is 2.59 bits per heavy atom. The Kier molecular flexibility index (Phi) is 3.77. The first-order chi connectivity index (χ1) is 8.26. The van der Waals surface area contributed by atoms with E-state index in [1.54, 1.807) is 4.90 Å². The lowest BCUT2D eigenvalue weighted by molar-refractivity contribution is 0.00365. The second kappa shape index (κ2) is 5.30. The number of hydrogen-bond acceptors (Lipinski definition) is 4. The molecular formula is C12H14N2O2S. The van der Waals surface area contributed by atoms with Crippen LogP contribution in [0.15, 0.2) is 11.4 Å². The second-order valence-corrected chi connectivity index (χ2v) is 4.78. The fourth-order valence-corrected chi connectivity index (χ4v) is 2.82. The molecule has 1 amide bonds. The second-order valence-electron chi connectivity index (χ2n) is 3.87. The van der Waals surface area contributed by atoms with E-state index in [1.807, 2.05) is 24.4 Å². The lowest BCUT2D eigenvalue weighted by Gasteiger charge is -2.29. The number of thiophene rings is 1. The molecule has 1 fully saturated rings. The maximum Gasteiger partial charge on any atom is 0.264 e. The molecule has 2 heterocycles. The first kappa shape index (κ1) is 12.1. The van der Waals surface area contributed by atoms with Gasteiger partial charge < -0.3 is 9.64 Å². The van der Waals surface area contributed by atoms with Crippen LogP contribution in [0.25, 0.3) is 0 Å². The summed E-state index contributed by atoms with van der Waals surface area (Å²) in [4.78, 5) is 14.8. The molecule has 0 saturated carbocycles. The smallest absolute Gasteiger partial charge is 0.264 e. The van der Waals surface area contributed by atoms with Crippen LogP contribution in [0.4, 0.5) is 0 Å². The highest BCUT2D eigenvalue weighted by atomic mass is 32.1. The van der Waals surface area contributed by atoms with Gasteiger partial charge in [-0.05, 0) is 23.4 Å². The van der Waals surface area contributed by atoms with E-state index in [-0.39, 0.29) is 5.91 Å². The molecule has 1 aromatic heterocycles. The van der Waals surface area contributed by atoms with Gasteiger partial charge in [0.25, 0.3) is 5.91 Å². The van der Waals surface area contributed by atoms with Crippen molar-refractivity contribution in [3.05, 3.63) is 21.9 Å². The highest BCUT2D eigenvalue weighted by Gasteiger charge is 2.26. The minimum absolute atomic E-state index is 0.0281. The van der Waals surface area contributed by atoms with Gasteiger partial charge in [-0.2, -0.15) is 5.26 Å². The molecule has 0 N–H and O–H groups in total. The van der Waals surface area contributed by atoms with Crippen molar-refractivity contribution in [3.63, 3.8) is 0 Å². The van der Waals surface area contributed by atoms with Crippen LogP contribution in [0, 0.1) is 11.3 Å². The van der Waals surface area contributed by atoms with Crippen molar-refractivity contribution in [1.82, 2.24) is 4.90 Å². The van der Waals surface area contributed by atoms with E-state index in [2.05, 4.69) is 0 Å². The number of ether oxygens (including phenoxy) is 1. The van der Waals surface area contributed by atoms with E-state index in [0.717, 1.165) is 16.9 Å². The molecule has 1 saturated heterocycles. The first-order valence-corrected chi connectivity index (χ1v) is 6.51. The van der Waals surface area contributed by atoms with E-state index < -0.39 is 6.10 Å². The van der Waals surface area contributed by atoms with Crippen LogP contribution in [-0.4, -0.2) is 36.6 Å². The van der Waals surface area contributed by atoms with Gasteiger partial charge in [-0.25, -0.2) is 0 Å². The number of nitrogens with zero attached hydrogens (tertiary/aromatic N) is 2. The lowest BCUT2D eigenvalue weighted by atomic mass is 10.2. The summed E-state index contributed by atoms with van der Waals surface area (Å²) >= 11 is 1.47. The molecule has 5 heteroatoms. The lowest BCUT2D eigenvalue weighted by Crippen LogP contribution is -2.45. The predicted octanol–water partition coefficient (Wildman–Crippen LogP) is 1.68. The number of carbonyl (C=O) groups excluding carboxylic acids is 1. The van der Waals surface area contributed by atoms with Gasteiger partial charge in [-0.15, -0.1) is 11.3 Å². The Labute approximate surface area is 104 Å². The first-order valence-electron chi connectivity index (χ1n) is 5.63. The molecule has 1 unspecified atom stereocenters. The molecule has 0 radical (unpaired) electrons. The van der Waals surface area contributed by atoms with Crippen molar-refractivity contribution >= 4 is 17.2 Å². The van der Waals surface area contributed by atoms with E-state index >= 15 is 0 Å². The average molecular weight is 250 g/mol. The number of rotatable bonds is 2. The number of nitriles is 1. The average Bonchev–Trinajstić information content (AvgIpc) is 2.86. The summed E-state index contributed by atoms with van der Waals surface area (Å²) < 4.78 is 5.23. The minimum atomic E-state index is -0.488. The Bertz CT molecular complexity index is 450. The molecule has 1 atom stereocenters. The number of aryl methyl sites for hydroxylation is 1. The highest BCUT2D eigenvalue weighted by Crippen LogP contribution is 2.20. The molecule has 90 valence electrons.